The van der Waals surface area contributed by atoms with E-state index in [9.17, 15) is 8.42 Å². The van der Waals surface area contributed by atoms with Gasteiger partial charge in [0.25, 0.3) is 0 Å². The van der Waals surface area contributed by atoms with Gasteiger partial charge in [-0.15, -0.1) is 0 Å². The summed E-state index contributed by atoms with van der Waals surface area (Å²) < 4.78 is 43.0. The number of hydrogen-bond acceptors (Lipinski definition) is 7. The van der Waals surface area contributed by atoms with Crippen molar-refractivity contribution in [2.24, 2.45) is 0 Å². The lowest BCUT2D eigenvalue weighted by atomic mass is 10.0. The van der Waals surface area contributed by atoms with Gasteiger partial charge in [0.05, 0.1) is 25.9 Å². The minimum absolute atomic E-state index is 0.0918. The zero-order chi connectivity index (χ0) is 16.8. The molecule has 1 aromatic carbocycles. The average Bonchev–Trinajstić information content (AvgIpc) is 2.60. The summed E-state index contributed by atoms with van der Waals surface area (Å²) in [6.45, 7) is 3.33. The molecule has 2 aliphatic heterocycles. The van der Waals surface area contributed by atoms with Crippen molar-refractivity contribution in [3.05, 3.63) is 29.8 Å². The van der Waals surface area contributed by atoms with Crippen molar-refractivity contribution in [3.63, 3.8) is 0 Å². The van der Waals surface area contributed by atoms with E-state index >= 15 is 0 Å². The lowest BCUT2D eigenvalue weighted by Crippen LogP contribution is -2.33. The Hall–Kier alpha value is -1.19. The molecule has 8 heteroatoms. The van der Waals surface area contributed by atoms with E-state index in [-0.39, 0.29) is 19.1 Å². The summed E-state index contributed by atoms with van der Waals surface area (Å²) in [4.78, 5) is 0. The first-order valence-corrected chi connectivity index (χ1v) is 9.54. The molecule has 2 saturated heterocycles. The highest BCUT2D eigenvalue weighted by Gasteiger charge is 2.26. The van der Waals surface area contributed by atoms with Crippen LogP contribution >= 0.6 is 0 Å². The summed E-state index contributed by atoms with van der Waals surface area (Å²) >= 11 is 0. The Morgan fingerprint density at radius 3 is 2.38 bits per heavy atom. The summed E-state index contributed by atoms with van der Waals surface area (Å²) in [6.07, 6.45) is 2.44. The molecule has 1 N–H and O–H groups in total. The topological polar surface area (TPSA) is 83.1 Å². The van der Waals surface area contributed by atoms with Crippen LogP contribution in [0, 0.1) is 0 Å². The molecule has 134 valence electrons. The van der Waals surface area contributed by atoms with Crippen LogP contribution in [-0.4, -0.2) is 54.0 Å². The van der Waals surface area contributed by atoms with E-state index in [0.717, 1.165) is 37.2 Å². The molecule has 0 unspecified atom stereocenters. The molecular weight excluding hydrogens is 334 g/mol. The summed E-state index contributed by atoms with van der Waals surface area (Å²) in [6, 6.07) is 7.53. The normalized spacial score (nSPS) is 22.3. The Balaban J connectivity index is 1.40. The molecule has 2 aliphatic rings. The van der Waals surface area contributed by atoms with Gasteiger partial charge in [-0.2, -0.15) is 8.42 Å². The van der Waals surface area contributed by atoms with Crippen molar-refractivity contribution in [3.8, 4) is 5.75 Å². The molecule has 0 aromatic heterocycles. The Morgan fingerprint density at radius 2 is 1.71 bits per heavy atom. The van der Waals surface area contributed by atoms with Crippen LogP contribution in [0.2, 0.25) is 0 Å². The molecule has 7 nitrogen and oxygen atoms in total. The molecule has 3 rings (SSSR count). The zero-order valence-electron chi connectivity index (χ0n) is 13.5. The molecule has 0 aliphatic carbocycles. The van der Waals surface area contributed by atoms with Crippen LogP contribution in [0.15, 0.2) is 24.3 Å². The van der Waals surface area contributed by atoms with E-state index in [1.54, 1.807) is 0 Å². The van der Waals surface area contributed by atoms with Crippen LogP contribution in [-0.2, 0) is 23.5 Å². The summed E-state index contributed by atoms with van der Waals surface area (Å²) in [5.41, 5.74) is 0.961. The monoisotopic (exact) mass is 357 g/mol. The minimum Gasteiger partial charge on any atom is -0.491 e. The second-order valence-corrected chi connectivity index (χ2v) is 7.20. The van der Waals surface area contributed by atoms with E-state index in [4.69, 9.17) is 17.8 Å². The van der Waals surface area contributed by atoms with Gasteiger partial charge in [-0.1, -0.05) is 12.1 Å². The third kappa shape index (κ3) is 5.15. The molecule has 24 heavy (non-hydrogen) atoms. The van der Waals surface area contributed by atoms with Crippen molar-refractivity contribution >= 4 is 10.4 Å². The third-order valence-corrected chi connectivity index (χ3v) is 5.02. The highest BCUT2D eigenvalue weighted by Crippen LogP contribution is 2.24. The second kappa shape index (κ2) is 8.26. The SMILES string of the molecule is O=S1(=O)OCC(c2ccc(OCCOC3CCNCC3)cc2)CO1. The second-order valence-electron chi connectivity index (χ2n) is 5.91. The molecule has 0 saturated carbocycles. The molecule has 0 spiro atoms. The van der Waals surface area contributed by atoms with Gasteiger partial charge in [-0.25, -0.2) is 8.37 Å². The largest absolute Gasteiger partial charge is 0.491 e. The fourth-order valence-electron chi connectivity index (χ4n) is 2.78. The molecule has 0 radical (unpaired) electrons. The predicted octanol–water partition coefficient (Wildman–Crippen LogP) is 1.21. The molecular formula is C16H23NO6S. The van der Waals surface area contributed by atoms with E-state index in [0.29, 0.717) is 19.3 Å². The summed E-state index contributed by atoms with van der Waals surface area (Å²) in [5.74, 6) is 0.670. The van der Waals surface area contributed by atoms with Crippen LogP contribution in [0.5, 0.6) is 5.75 Å². The lowest BCUT2D eigenvalue weighted by Gasteiger charge is -2.23. The Morgan fingerprint density at radius 1 is 1.04 bits per heavy atom. The Kier molecular flexibility index (Phi) is 6.07. The van der Waals surface area contributed by atoms with Crippen molar-refractivity contribution in [2.45, 2.75) is 24.9 Å². The minimum atomic E-state index is -3.80. The summed E-state index contributed by atoms with van der Waals surface area (Å²) in [7, 11) is -3.80. The van der Waals surface area contributed by atoms with Gasteiger partial charge in [-0.3, -0.25) is 0 Å². The van der Waals surface area contributed by atoms with Gasteiger partial charge in [0.1, 0.15) is 12.4 Å². The van der Waals surface area contributed by atoms with E-state index in [1.807, 2.05) is 24.3 Å². The van der Waals surface area contributed by atoms with Gasteiger partial charge in [0.15, 0.2) is 0 Å². The van der Waals surface area contributed by atoms with Gasteiger partial charge >= 0.3 is 10.4 Å². The quantitative estimate of drug-likeness (QED) is 0.766. The standard InChI is InChI=1S/C16H23NO6S/c18-24(19)22-11-14(12-23-24)13-1-3-15(4-2-13)20-9-10-21-16-5-7-17-8-6-16/h1-4,14,16-17H,5-12H2. The number of hydrogen-bond donors (Lipinski definition) is 1. The predicted molar refractivity (Wildman–Crippen MR) is 87.3 cm³/mol. The van der Waals surface area contributed by atoms with Gasteiger partial charge in [0, 0.05) is 5.92 Å². The van der Waals surface area contributed by atoms with E-state index in [2.05, 4.69) is 5.32 Å². The first kappa shape index (κ1) is 17.6. The maximum absolute atomic E-state index is 11.1. The van der Waals surface area contributed by atoms with Crippen LogP contribution in [0.3, 0.4) is 0 Å². The van der Waals surface area contributed by atoms with Crippen LogP contribution in [0.4, 0.5) is 0 Å². The zero-order valence-corrected chi connectivity index (χ0v) is 14.3. The van der Waals surface area contributed by atoms with Gasteiger partial charge < -0.3 is 14.8 Å². The van der Waals surface area contributed by atoms with Crippen molar-refractivity contribution in [1.82, 2.24) is 5.32 Å². The van der Waals surface area contributed by atoms with Crippen molar-refractivity contribution in [1.29, 1.82) is 0 Å². The maximum Gasteiger partial charge on any atom is 0.399 e. The van der Waals surface area contributed by atoms with E-state index in [1.165, 1.54) is 0 Å². The molecule has 0 amide bonds. The number of ether oxygens (including phenoxy) is 2. The first-order valence-electron chi connectivity index (χ1n) is 8.21. The van der Waals surface area contributed by atoms with Crippen LogP contribution in [0.1, 0.15) is 24.3 Å². The fraction of sp³-hybridized carbons (Fsp3) is 0.625. The fourth-order valence-corrected chi connectivity index (χ4v) is 3.51. The summed E-state index contributed by atoms with van der Waals surface area (Å²) in [5, 5.41) is 3.31. The molecule has 0 atom stereocenters. The Bertz CT molecular complexity index is 598. The number of piperidine rings is 1. The number of rotatable bonds is 6. The van der Waals surface area contributed by atoms with Crippen molar-refractivity contribution < 1.29 is 26.3 Å². The van der Waals surface area contributed by atoms with Crippen molar-refractivity contribution in [2.75, 3.05) is 39.5 Å². The Labute approximate surface area is 142 Å². The maximum atomic E-state index is 11.1. The molecule has 1 aromatic rings. The molecule has 0 bridgehead atoms. The van der Waals surface area contributed by atoms with Gasteiger partial charge in [-0.05, 0) is 43.6 Å². The van der Waals surface area contributed by atoms with E-state index < -0.39 is 10.4 Å². The first-order chi connectivity index (χ1) is 11.6. The highest BCUT2D eigenvalue weighted by molar-refractivity contribution is 7.81. The molecule has 2 heterocycles. The van der Waals surface area contributed by atoms with Crippen LogP contribution in [0.25, 0.3) is 0 Å². The smallest absolute Gasteiger partial charge is 0.399 e. The van der Waals surface area contributed by atoms with Gasteiger partial charge in [0.2, 0.25) is 0 Å². The number of nitrogens with one attached hydrogen (secondary N) is 1. The number of benzene rings is 1. The average molecular weight is 357 g/mol. The van der Waals surface area contributed by atoms with Crippen LogP contribution < -0.4 is 10.1 Å². The third-order valence-electron chi connectivity index (χ3n) is 4.17. The molecule has 2 fully saturated rings. The highest BCUT2D eigenvalue weighted by atomic mass is 32.3. The lowest BCUT2D eigenvalue weighted by molar-refractivity contribution is 0.0168.